The summed E-state index contributed by atoms with van der Waals surface area (Å²) in [6, 6.07) is 13.1. The molecule has 3 aromatic heterocycles. The minimum Gasteiger partial charge on any atom is -0.477 e. The maximum atomic E-state index is 15.3. The Morgan fingerprint density at radius 1 is 0.950 bits per heavy atom. The smallest absolute Gasteiger partial charge is 0.258 e. The number of fused-ring (bicyclic) bond motifs is 7. The van der Waals surface area contributed by atoms with Crippen molar-refractivity contribution in [3.63, 3.8) is 0 Å². The van der Waals surface area contributed by atoms with Crippen LogP contribution in [0.2, 0.25) is 0 Å². The van der Waals surface area contributed by atoms with Crippen LogP contribution >= 0.6 is 0 Å². The van der Waals surface area contributed by atoms with Gasteiger partial charge in [0.25, 0.3) is 5.91 Å². The molecule has 0 radical (unpaired) electrons. The number of piperidine rings is 1. The second-order valence-corrected chi connectivity index (χ2v) is 16.2. The zero-order valence-electron chi connectivity index (χ0n) is 34.4. The van der Waals surface area contributed by atoms with Crippen molar-refractivity contribution in [2.24, 2.45) is 7.05 Å². The molecule has 5 aromatic rings. The van der Waals surface area contributed by atoms with E-state index in [1.807, 2.05) is 20.0 Å². The lowest BCUT2D eigenvalue weighted by Gasteiger charge is -2.44. The van der Waals surface area contributed by atoms with Crippen molar-refractivity contribution < 1.29 is 27.9 Å². The van der Waals surface area contributed by atoms with Gasteiger partial charge in [0, 0.05) is 93.5 Å². The monoisotopic (exact) mass is 822 g/mol. The number of hydrogen-bond donors (Lipinski definition) is 2. The molecule has 3 aliphatic heterocycles. The minimum absolute atomic E-state index is 0.00561. The number of rotatable bonds is 8. The maximum Gasteiger partial charge on any atom is 0.258 e. The number of aryl methyl sites for hydroxylation is 3. The van der Waals surface area contributed by atoms with E-state index in [2.05, 4.69) is 47.1 Å². The molecular formula is C44H52F2N10O4. The molecule has 0 saturated carbocycles. The van der Waals surface area contributed by atoms with Crippen LogP contribution in [-0.2, 0) is 23.2 Å². The Morgan fingerprint density at radius 2 is 1.70 bits per heavy atom. The first-order valence-electron chi connectivity index (χ1n) is 21.0. The van der Waals surface area contributed by atoms with Crippen LogP contribution in [0.15, 0.2) is 48.7 Å². The van der Waals surface area contributed by atoms with Crippen molar-refractivity contribution in [1.82, 2.24) is 34.5 Å². The summed E-state index contributed by atoms with van der Waals surface area (Å²) in [7, 11) is 1.84. The fourth-order valence-corrected chi connectivity index (χ4v) is 8.92. The molecule has 2 N–H and O–H groups in total. The third kappa shape index (κ3) is 8.69. The molecule has 1 atom stereocenters. The standard InChI is InChI=1S/C44H52F2N10O4/c1-28(7-10-40(58)47-27-57)41-35(45)23-33(24-36(41)46)53-14-11-31(12-15-53)54-16-18-55(19-17-54)32-8-9-37-39(25-32)56-13-5-4-6-20-60-43-34(26-48-52(43)3)38-22-30(21-29(2)49-38)42(59)51-44(56)50-37/h8-9,21-28,31H,4-7,10-20H2,1-3H3,(H,47,57,58)(H,50,51,59). The van der Waals surface area contributed by atoms with Crippen molar-refractivity contribution in [3.8, 4) is 17.1 Å². The minimum atomic E-state index is -0.613. The Hall–Kier alpha value is -5.90. The predicted octanol–water partition coefficient (Wildman–Crippen LogP) is 6.18. The molecule has 16 heteroatoms. The largest absolute Gasteiger partial charge is 0.477 e. The number of pyridine rings is 1. The SMILES string of the molecule is Cc1cc2cc(n1)-c1cnn(C)c1OCCCCCn1c(nc3ccc(N4CCN(C5CCN(c6cc(F)c(C(C)CCC(=O)NC=O)c(F)c6)CC5)CC4)cc31)NC2=O. The van der Waals surface area contributed by atoms with Gasteiger partial charge in [-0.25, -0.2) is 18.4 Å². The van der Waals surface area contributed by atoms with Gasteiger partial charge in [0.05, 0.1) is 35.1 Å². The van der Waals surface area contributed by atoms with E-state index in [0.717, 1.165) is 80.6 Å². The third-order valence-corrected chi connectivity index (χ3v) is 12.2. The Bertz CT molecular complexity index is 2360. The number of nitrogens with zero attached hydrogens (tertiary/aromatic N) is 8. The first kappa shape index (κ1) is 40.9. The number of aromatic nitrogens is 5. The highest BCUT2D eigenvalue weighted by molar-refractivity contribution is 6.05. The predicted molar refractivity (Wildman–Crippen MR) is 225 cm³/mol. The molecule has 3 amide bonds. The first-order valence-corrected chi connectivity index (χ1v) is 21.0. The van der Waals surface area contributed by atoms with Gasteiger partial charge in [-0.15, -0.1) is 0 Å². The number of piperazine rings is 1. The van der Waals surface area contributed by atoms with Crippen LogP contribution in [0, 0.1) is 18.6 Å². The molecule has 2 bridgehead atoms. The summed E-state index contributed by atoms with van der Waals surface area (Å²) in [5.41, 5.74) is 5.97. The lowest BCUT2D eigenvalue weighted by atomic mass is 9.94. The molecule has 2 saturated heterocycles. The Labute approximate surface area is 347 Å². The van der Waals surface area contributed by atoms with Gasteiger partial charge in [0.2, 0.25) is 24.1 Å². The first-order chi connectivity index (χ1) is 29.1. The lowest BCUT2D eigenvalue weighted by molar-refractivity contribution is -0.125. The van der Waals surface area contributed by atoms with Gasteiger partial charge in [-0.2, -0.15) is 5.10 Å². The maximum absolute atomic E-state index is 15.3. The molecule has 0 spiro atoms. The Kier molecular flexibility index (Phi) is 12.1. The zero-order chi connectivity index (χ0) is 41.9. The Balaban J connectivity index is 0.909. The molecule has 316 valence electrons. The van der Waals surface area contributed by atoms with E-state index in [1.54, 1.807) is 29.9 Å². The van der Waals surface area contributed by atoms with Crippen molar-refractivity contribution in [3.05, 3.63) is 77.1 Å². The second kappa shape index (κ2) is 17.8. The van der Waals surface area contributed by atoms with Gasteiger partial charge in [-0.1, -0.05) is 6.92 Å². The number of carbonyl (C=O) groups excluding carboxylic acids is 3. The highest BCUT2D eigenvalue weighted by Crippen LogP contribution is 2.34. The molecule has 2 aromatic carbocycles. The fourth-order valence-electron chi connectivity index (χ4n) is 8.92. The summed E-state index contributed by atoms with van der Waals surface area (Å²) in [5, 5.41) is 9.57. The normalized spacial score (nSPS) is 17.5. The average molecular weight is 823 g/mol. The number of anilines is 3. The van der Waals surface area contributed by atoms with Crippen molar-refractivity contribution in [2.75, 3.05) is 61.0 Å². The number of ether oxygens (including phenoxy) is 1. The summed E-state index contributed by atoms with van der Waals surface area (Å²) < 4.78 is 40.5. The second-order valence-electron chi connectivity index (χ2n) is 16.2. The molecule has 6 heterocycles. The van der Waals surface area contributed by atoms with E-state index < -0.39 is 23.5 Å². The Morgan fingerprint density at radius 3 is 2.45 bits per heavy atom. The number of benzene rings is 2. The summed E-state index contributed by atoms with van der Waals surface area (Å²) in [4.78, 5) is 52.6. The summed E-state index contributed by atoms with van der Waals surface area (Å²) in [5.74, 6) is -1.33. The molecule has 14 nitrogen and oxygen atoms in total. The molecular weight excluding hydrogens is 771 g/mol. The molecule has 1 unspecified atom stereocenters. The quantitative estimate of drug-likeness (QED) is 0.174. The van der Waals surface area contributed by atoms with Gasteiger partial charge in [0.15, 0.2) is 0 Å². The van der Waals surface area contributed by atoms with Crippen LogP contribution < -0.4 is 25.2 Å². The van der Waals surface area contributed by atoms with E-state index in [9.17, 15) is 14.4 Å². The van der Waals surface area contributed by atoms with Crippen LogP contribution in [0.1, 0.15) is 79.4 Å². The van der Waals surface area contributed by atoms with E-state index >= 15 is 8.78 Å². The zero-order valence-corrected chi connectivity index (χ0v) is 34.4. The van der Waals surface area contributed by atoms with E-state index in [1.165, 1.54) is 12.1 Å². The van der Waals surface area contributed by atoms with Crippen LogP contribution in [0.4, 0.5) is 26.1 Å². The number of imide groups is 1. The van der Waals surface area contributed by atoms with E-state index in [4.69, 9.17) is 14.7 Å². The van der Waals surface area contributed by atoms with Crippen molar-refractivity contribution in [2.45, 2.75) is 77.3 Å². The van der Waals surface area contributed by atoms with Crippen LogP contribution in [0.5, 0.6) is 5.88 Å². The van der Waals surface area contributed by atoms with Gasteiger partial charge in [-0.05, 0) is 93.8 Å². The number of halogens is 2. The molecule has 0 aliphatic carbocycles. The number of nitrogens with one attached hydrogen (secondary N) is 2. The molecule has 8 rings (SSSR count). The molecule has 60 heavy (non-hydrogen) atoms. The van der Waals surface area contributed by atoms with Gasteiger partial charge < -0.3 is 19.1 Å². The van der Waals surface area contributed by atoms with Gasteiger partial charge >= 0.3 is 0 Å². The summed E-state index contributed by atoms with van der Waals surface area (Å²) in [6.07, 6.45) is 6.72. The van der Waals surface area contributed by atoms with Crippen molar-refractivity contribution in [1.29, 1.82) is 0 Å². The summed E-state index contributed by atoms with van der Waals surface area (Å²) in [6.45, 7) is 9.70. The number of imidazole rings is 1. The van der Waals surface area contributed by atoms with E-state index in [0.29, 0.717) is 73.2 Å². The number of hydrogen-bond acceptors (Lipinski definition) is 10. The topological polar surface area (TPSA) is 143 Å². The van der Waals surface area contributed by atoms with Crippen molar-refractivity contribution >= 4 is 46.6 Å². The molecule has 2 fully saturated rings. The van der Waals surface area contributed by atoms with Crippen LogP contribution in [-0.4, -0.2) is 99.4 Å². The number of carbonyl (C=O) groups is 3. The number of amides is 3. The van der Waals surface area contributed by atoms with Crippen LogP contribution in [0.25, 0.3) is 22.3 Å². The summed E-state index contributed by atoms with van der Waals surface area (Å²) >= 11 is 0. The average Bonchev–Trinajstić information content (AvgIpc) is 3.78. The van der Waals surface area contributed by atoms with Gasteiger partial charge in [-0.3, -0.25) is 34.9 Å². The third-order valence-electron chi connectivity index (χ3n) is 12.2. The lowest BCUT2D eigenvalue weighted by Crippen LogP contribution is -2.53. The van der Waals surface area contributed by atoms with E-state index in [-0.39, 0.29) is 24.3 Å². The molecule has 3 aliphatic rings. The van der Waals surface area contributed by atoms with Crippen LogP contribution in [0.3, 0.4) is 0 Å². The highest BCUT2D eigenvalue weighted by Gasteiger charge is 2.30. The highest BCUT2D eigenvalue weighted by atomic mass is 19.1. The van der Waals surface area contributed by atoms with Gasteiger partial charge in [0.1, 0.15) is 11.6 Å². The fraction of sp³-hybridized carbons (Fsp3) is 0.455.